The molecule has 0 bridgehead atoms. The van der Waals surface area contributed by atoms with Crippen LogP contribution in [-0.2, 0) is 0 Å². The molecule has 0 unspecified atom stereocenters. The molecule has 142 valence electrons. The van der Waals surface area contributed by atoms with Crippen LogP contribution in [0.3, 0.4) is 0 Å². The van der Waals surface area contributed by atoms with Crippen LogP contribution in [0.15, 0.2) is 73.6 Å². The minimum atomic E-state index is 0.654. The molecular weight excluding hydrogens is 376 g/mol. The predicted molar refractivity (Wildman–Crippen MR) is 113 cm³/mol. The second kappa shape index (κ2) is 6.56. The number of hydrogen-bond acceptors (Lipinski definition) is 6. The van der Waals surface area contributed by atoms with Gasteiger partial charge in [0.05, 0.1) is 17.4 Å². The lowest BCUT2D eigenvalue weighted by atomic mass is 10.1. The number of imidazole rings is 1. The van der Waals surface area contributed by atoms with Gasteiger partial charge in [0.1, 0.15) is 11.2 Å². The van der Waals surface area contributed by atoms with Gasteiger partial charge >= 0.3 is 0 Å². The van der Waals surface area contributed by atoms with Gasteiger partial charge in [0.25, 0.3) is 0 Å². The Labute approximate surface area is 170 Å². The van der Waals surface area contributed by atoms with Gasteiger partial charge in [-0.1, -0.05) is 6.07 Å². The number of pyridine rings is 2. The summed E-state index contributed by atoms with van der Waals surface area (Å²) in [4.78, 5) is 25.2. The van der Waals surface area contributed by atoms with Gasteiger partial charge in [-0.25, -0.2) is 9.97 Å². The van der Waals surface area contributed by atoms with Gasteiger partial charge in [-0.05, 0) is 35.9 Å². The number of nitrogens with zero attached hydrogens (tertiary/aromatic N) is 6. The van der Waals surface area contributed by atoms with Crippen LogP contribution in [0.4, 0.5) is 0 Å². The van der Waals surface area contributed by atoms with Crippen LogP contribution >= 0.6 is 0 Å². The average Bonchev–Trinajstić information content (AvgIpc) is 3.43. The van der Waals surface area contributed by atoms with Crippen molar-refractivity contribution in [2.75, 3.05) is 0 Å². The van der Waals surface area contributed by atoms with Gasteiger partial charge in [0.15, 0.2) is 11.5 Å². The highest BCUT2D eigenvalue weighted by Crippen LogP contribution is 2.31. The molecule has 8 nitrogen and oxygen atoms in total. The SMILES string of the molecule is c1cc(-c2ccnc3[nH]c(-c4n[nH]c5ccc(-c6cnccn6)cc45)nc23)ccn1. The molecule has 0 radical (unpaired) electrons. The van der Waals surface area contributed by atoms with Gasteiger partial charge < -0.3 is 4.98 Å². The number of hydrogen-bond donors (Lipinski definition) is 2. The summed E-state index contributed by atoms with van der Waals surface area (Å²) >= 11 is 0. The molecule has 0 saturated carbocycles. The Bertz CT molecular complexity index is 1490. The van der Waals surface area contributed by atoms with Crippen molar-refractivity contribution in [3.63, 3.8) is 0 Å². The molecule has 0 saturated heterocycles. The lowest BCUT2D eigenvalue weighted by Gasteiger charge is -2.01. The predicted octanol–water partition coefficient (Wildman–Crippen LogP) is 4.02. The monoisotopic (exact) mass is 390 g/mol. The number of rotatable bonds is 3. The Hall–Kier alpha value is -4.46. The average molecular weight is 390 g/mol. The van der Waals surface area contributed by atoms with Gasteiger partial charge in [0, 0.05) is 47.5 Å². The molecule has 5 heterocycles. The minimum Gasteiger partial charge on any atom is -0.321 e. The second-order valence-corrected chi connectivity index (χ2v) is 6.80. The van der Waals surface area contributed by atoms with Crippen LogP contribution in [0.25, 0.3) is 56.0 Å². The summed E-state index contributed by atoms with van der Waals surface area (Å²) in [6, 6.07) is 11.9. The van der Waals surface area contributed by atoms with E-state index < -0.39 is 0 Å². The summed E-state index contributed by atoms with van der Waals surface area (Å²) in [5, 5.41) is 8.53. The van der Waals surface area contributed by atoms with Crippen molar-refractivity contribution in [3.8, 4) is 33.9 Å². The summed E-state index contributed by atoms with van der Waals surface area (Å²) in [5.41, 5.74) is 6.94. The molecule has 0 aliphatic rings. The van der Waals surface area contributed by atoms with Crippen molar-refractivity contribution in [2.24, 2.45) is 0 Å². The second-order valence-electron chi connectivity index (χ2n) is 6.80. The van der Waals surface area contributed by atoms with E-state index in [1.807, 2.05) is 36.4 Å². The van der Waals surface area contributed by atoms with Crippen LogP contribution in [0.1, 0.15) is 0 Å². The van der Waals surface area contributed by atoms with E-state index in [9.17, 15) is 0 Å². The van der Waals surface area contributed by atoms with Gasteiger partial charge in [0.2, 0.25) is 0 Å². The first kappa shape index (κ1) is 16.5. The molecule has 6 rings (SSSR count). The fraction of sp³-hybridized carbons (Fsp3) is 0. The number of benzene rings is 1. The maximum absolute atomic E-state index is 4.84. The highest BCUT2D eigenvalue weighted by atomic mass is 15.1. The number of fused-ring (bicyclic) bond motifs is 2. The van der Waals surface area contributed by atoms with E-state index in [4.69, 9.17) is 4.98 Å². The highest BCUT2D eigenvalue weighted by Gasteiger charge is 2.16. The normalized spacial score (nSPS) is 11.3. The Balaban J connectivity index is 1.52. The summed E-state index contributed by atoms with van der Waals surface area (Å²) in [5.74, 6) is 0.654. The lowest BCUT2D eigenvalue weighted by Crippen LogP contribution is -1.85. The summed E-state index contributed by atoms with van der Waals surface area (Å²) in [7, 11) is 0. The van der Waals surface area contributed by atoms with E-state index in [1.54, 1.807) is 37.2 Å². The maximum atomic E-state index is 4.84. The van der Waals surface area contributed by atoms with Crippen molar-refractivity contribution < 1.29 is 0 Å². The Morgan fingerprint density at radius 1 is 0.767 bits per heavy atom. The van der Waals surface area contributed by atoms with Crippen molar-refractivity contribution in [1.29, 1.82) is 0 Å². The first-order valence-electron chi connectivity index (χ1n) is 9.37. The van der Waals surface area contributed by atoms with Gasteiger partial charge in [-0.2, -0.15) is 5.10 Å². The highest BCUT2D eigenvalue weighted by molar-refractivity contribution is 5.97. The summed E-state index contributed by atoms with van der Waals surface area (Å²) in [6.07, 6.45) is 10.4. The van der Waals surface area contributed by atoms with Crippen molar-refractivity contribution in [2.45, 2.75) is 0 Å². The van der Waals surface area contributed by atoms with Crippen molar-refractivity contribution in [1.82, 2.24) is 40.1 Å². The molecule has 0 spiro atoms. The first-order valence-corrected chi connectivity index (χ1v) is 9.37. The zero-order valence-corrected chi connectivity index (χ0v) is 15.6. The summed E-state index contributed by atoms with van der Waals surface area (Å²) in [6.45, 7) is 0. The molecule has 5 aromatic heterocycles. The molecule has 0 atom stereocenters. The van der Waals surface area contributed by atoms with E-state index >= 15 is 0 Å². The third-order valence-electron chi connectivity index (χ3n) is 5.02. The molecule has 0 aliphatic carbocycles. The van der Waals surface area contributed by atoms with E-state index in [2.05, 4.69) is 35.1 Å². The molecule has 8 heteroatoms. The van der Waals surface area contributed by atoms with E-state index in [-0.39, 0.29) is 0 Å². The molecule has 0 aliphatic heterocycles. The number of H-pyrrole nitrogens is 2. The standard InChI is InChI=1S/C22H14N8/c1-2-17-16(11-14(1)18-12-24-9-10-25-18)20(30-29-17)22-27-19-15(5-8-26-21(19)28-22)13-3-6-23-7-4-13/h1-12H,(H,29,30)(H,26,27,28). The number of nitrogens with one attached hydrogen (secondary N) is 2. The molecule has 0 fully saturated rings. The van der Waals surface area contributed by atoms with Gasteiger partial charge in [-0.3, -0.25) is 20.1 Å². The third kappa shape index (κ3) is 2.62. The fourth-order valence-corrected chi connectivity index (χ4v) is 3.59. The maximum Gasteiger partial charge on any atom is 0.160 e. The fourth-order valence-electron chi connectivity index (χ4n) is 3.59. The molecule has 2 N–H and O–H groups in total. The Morgan fingerprint density at radius 3 is 2.57 bits per heavy atom. The minimum absolute atomic E-state index is 0.654. The summed E-state index contributed by atoms with van der Waals surface area (Å²) < 4.78 is 0. The smallest absolute Gasteiger partial charge is 0.160 e. The zero-order valence-electron chi connectivity index (χ0n) is 15.6. The largest absolute Gasteiger partial charge is 0.321 e. The Morgan fingerprint density at radius 2 is 1.70 bits per heavy atom. The zero-order chi connectivity index (χ0) is 19.9. The van der Waals surface area contributed by atoms with Crippen LogP contribution in [0.2, 0.25) is 0 Å². The van der Waals surface area contributed by atoms with E-state index in [0.717, 1.165) is 44.5 Å². The van der Waals surface area contributed by atoms with Crippen molar-refractivity contribution in [3.05, 3.63) is 73.6 Å². The van der Waals surface area contributed by atoms with Crippen LogP contribution < -0.4 is 0 Å². The molecule has 0 amide bonds. The van der Waals surface area contributed by atoms with Crippen LogP contribution in [-0.4, -0.2) is 40.1 Å². The number of aromatic nitrogens is 8. The van der Waals surface area contributed by atoms with Gasteiger partial charge in [-0.15, -0.1) is 0 Å². The lowest BCUT2D eigenvalue weighted by molar-refractivity contribution is 1.10. The molecular formula is C22H14N8. The van der Waals surface area contributed by atoms with Crippen LogP contribution in [0.5, 0.6) is 0 Å². The van der Waals surface area contributed by atoms with E-state index in [0.29, 0.717) is 11.5 Å². The topological polar surface area (TPSA) is 109 Å². The molecule has 30 heavy (non-hydrogen) atoms. The van der Waals surface area contributed by atoms with Crippen LogP contribution in [0, 0.1) is 0 Å². The first-order chi connectivity index (χ1) is 14.9. The molecule has 6 aromatic rings. The number of aromatic amines is 2. The molecule has 1 aromatic carbocycles. The Kier molecular flexibility index (Phi) is 3.60. The third-order valence-corrected chi connectivity index (χ3v) is 5.02. The quantitative estimate of drug-likeness (QED) is 0.472. The van der Waals surface area contributed by atoms with Crippen molar-refractivity contribution >= 4 is 22.1 Å². The van der Waals surface area contributed by atoms with E-state index in [1.165, 1.54) is 0 Å².